The van der Waals surface area contributed by atoms with Crippen LogP contribution in [0, 0.1) is 10.1 Å². The number of ether oxygens (including phenoxy) is 2. The van der Waals surface area contributed by atoms with Gasteiger partial charge in [-0.2, -0.15) is 0 Å². The van der Waals surface area contributed by atoms with Gasteiger partial charge in [-0.15, -0.1) is 0 Å². The van der Waals surface area contributed by atoms with Gasteiger partial charge in [0.2, 0.25) is 5.78 Å². The summed E-state index contributed by atoms with van der Waals surface area (Å²) in [4.78, 5) is 27.2. The van der Waals surface area contributed by atoms with Crippen LogP contribution in [0.25, 0.3) is 10.8 Å². The summed E-state index contributed by atoms with van der Waals surface area (Å²) < 4.78 is 10.6. The smallest absolute Gasteiger partial charge is 0.269 e. The Balaban J connectivity index is 2.11. The van der Waals surface area contributed by atoms with E-state index >= 15 is 0 Å². The largest absolute Gasteiger partial charge is 0.493 e. The molecule has 0 amide bonds. The predicted octanol–water partition coefficient (Wildman–Crippen LogP) is 3.39. The Hall–Kier alpha value is -3.48. The van der Waals surface area contributed by atoms with Crippen LogP contribution in [0.2, 0.25) is 0 Å². The van der Waals surface area contributed by atoms with Gasteiger partial charge in [-0.3, -0.25) is 19.9 Å². The van der Waals surface area contributed by atoms with E-state index in [2.05, 4.69) is 4.98 Å². The zero-order valence-electron chi connectivity index (χ0n) is 13.6. The number of aromatic nitrogens is 1. The Labute approximate surface area is 143 Å². The van der Waals surface area contributed by atoms with Crippen LogP contribution in [0.1, 0.15) is 16.1 Å². The lowest BCUT2D eigenvalue weighted by Crippen LogP contribution is -2.05. The first kappa shape index (κ1) is 16.4. The van der Waals surface area contributed by atoms with Crippen LogP contribution >= 0.6 is 0 Å². The lowest BCUT2D eigenvalue weighted by atomic mass is 10.0. The molecule has 0 radical (unpaired) electrons. The number of pyridine rings is 1. The molecule has 3 rings (SSSR count). The van der Waals surface area contributed by atoms with Crippen molar-refractivity contribution in [3.63, 3.8) is 0 Å². The van der Waals surface area contributed by atoms with E-state index in [-0.39, 0.29) is 17.2 Å². The number of benzene rings is 2. The maximum absolute atomic E-state index is 12.8. The third-order valence-electron chi connectivity index (χ3n) is 3.82. The van der Waals surface area contributed by atoms with Crippen molar-refractivity contribution in [2.75, 3.05) is 14.2 Å². The normalized spacial score (nSPS) is 10.5. The lowest BCUT2D eigenvalue weighted by Gasteiger charge is -2.11. The summed E-state index contributed by atoms with van der Waals surface area (Å²) in [6.07, 6.45) is 1.53. The van der Waals surface area contributed by atoms with Crippen LogP contribution in [0.3, 0.4) is 0 Å². The van der Waals surface area contributed by atoms with Crippen LogP contribution in [-0.4, -0.2) is 29.9 Å². The monoisotopic (exact) mass is 338 g/mol. The molecule has 0 saturated heterocycles. The van der Waals surface area contributed by atoms with Gasteiger partial charge in [-0.25, -0.2) is 0 Å². The van der Waals surface area contributed by atoms with Crippen molar-refractivity contribution in [1.29, 1.82) is 0 Å². The number of methoxy groups -OCH3 is 2. The molecule has 1 heterocycles. The minimum Gasteiger partial charge on any atom is -0.493 e. The molecule has 1 aromatic heterocycles. The van der Waals surface area contributed by atoms with E-state index in [1.165, 1.54) is 44.7 Å². The van der Waals surface area contributed by atoms with Crippen molar-refractivity contribution in [2.24, 2.45) is 0 Å². The molecule has 0 aliphatic heterocycles. The number of hydrogen-bond acceptors (Lipinski definition) is 6. The molecule has 0 aliphatic rings. The molecule has 0 aliphatic carbocycles. The summed E-state index contributed by atoms with van der Waals surface area (Å²) in [5, 5.41) is 12.1. The van der Waals surface area contributed by atoms with Gasteiger partial charge in [0.15, 0.2) is 11.5 Å². The molecule has 25 heavy (non-hydrogen) atoms. The number of hydrogen-bond donors (Lipinski definition) is 0. The Morgan fingerprint density at radius 1 is 1.04 bits per heavy atom. The Morgan fingerprint density at radius 2 is 1.68 bits per heavy atom. The second-order valence-corrected chi connectivity index (χ2v) is 5.22. The minimum absolute atomic E-state index is 0.0752. The molecule has 7 nitrogen and oxygen atoms in total. The van der Waals surface area contributed by atoms with Crippen LogP contribution in [0.15, 0.2) is 48.7 Å². The van der Waals surface area contributed by atoms with E-state index in [1.54, 1.807) is 18.2 Å². The molecular weight excluding hydrogens is 324 g/mol. The highest BCUT2D eigenvalue weighted by Gasteiger charge is 2.17. The Bertz CT molecular complexity index is 967. The van der Waals surface area contributed by atoms with E-state index in [4.69, 9.17) is 9.47 Å². The second-order valence-electron chi connectivity index (χ2n) is 5.22. The van der Waals surface area contributed by atoms with Gasteiger partial charge < -0.3 is 9.47 Å². The number of carbonyl (C=O) groups excluding carboxylic acids is 1. The molecule has 3 aromatic rings. The number of rotatable bonds is 5. The average Bonchev–Trinajstić information content (AvgIpc) is 2.65. The first-order chi connectivity index (χ1) is 12.0. The summed E-state index contributed by atoms with van der Waals surface area (Å²) in [5.74, 6) is 0.711. The number of carbonyl (C=O) groups is 1. The van der Waals surface area contributed by atoms with Gasteiger partial charge in [0.05, 0.1) is 19.1 Å². The molecule has 126 valence electrons. The van der Waals surface area contributed by atoms with Gasteiger partial charge in [0.1, 0.15) is 5.69 Å². The van der Waals surface area contributed by atoms with E-state index < -0.39 is 4.92 Å². The zero-order valence-corrected chi connectivity index (χ0v) is 13.6. The minimum atomic E-state index is -0.512. The summed E-state index contributed by atoms with van der Waals surface area (Å²) in [5.41, 5.74) is 0.488. The second kappa shape index (κ2) is 6.56. The maximum Gasteiger partial charge on any atom is 0.269 e. The topological polar surface area (TPSA) is 91.6 Å². The Morgan fingerprint density at radius 3 is 2.28 bits per heavy atom. The fourth-order valence-corrected chi connectivity index (χ4v) is 2.55. The summed E-state index contributed by atoms with van der Waals surface area (Å²) in [6.45, 7) is 0. The highest BCUT2D eigenvalue weighted by Crippen LogP contribution is 2.33. The van der Waals surface area contributed by atoms with Crippen molar-refractivity contribution >= 4 is 22.2 Å². The summed E-state index contributed by atoms with van der Waals surface area (Å²) >= 11 is 0. The molecule has 7 heteroatoms. The standard InChI is InChI=1S/C18H14N2O5/c1-24-15-9-12-7-8-19-17(14(12)10-16(15)25-2)18(21)11-3-5-13(6-4-11)20(22)23/h3-10H,1-2H3. The van der Waals surface area contributed by atoms with Gasteiger partial charge in [-0.05, 0) is 35.7 Å². The molecule has 0 fully saturated rings. The number of nitro groups is 1. The van der Waals surface area contributed by atoms with Crippen LogP contribution in [-0.2, 0) is 0 Å². The van der Waals surface area contributed by atoms with Crippen LogP contribution in [0.5, 0.6) is 11.5 Å². The van der Waals surface area contributed by atoms with Crippen LogP contribution < -0.4 is 9.47 Å². The summed E-state index contributed by atoms with van der Waals surface area (Å²) in [7, 11) is 3.05. The molecule has 0 N–H and O–H groups in total. The molecule has 0 unspecified atom stereocenters. The van der Waals surface area contributed by atoms with Crippen molar-refractivity contribution in [2.45, 2.75) is 0 Å². The van der Waals surface area contributed by atoms with E-state index in [0.29, 0.717) is 22.4 Å². The first-order valence-electron chi connectivity index (χ1n) is 7.35. The van der Waals surface area contributed by atoms with E-state index in [0.717, 1.165) is 5.39 Å². The van der Waals surface area contributed by atoms with Gasteiger partial charge in [0, 0.05) is 29.3 Å². The quantitative estimate of drug-likeness (QED) is 0.402. The number of nitro benzene ring substituents is 1. The first-order valence-corrected chi connectivity index (χ1v) is 7.35. The number of non-ortho nitro benzene ring substituents is 1. The molecule has 2 aromatic carbocycles. The fraction of sp³-hybridized carbons (Fsp3) is 0.111. The maximum atomic E-state index is 12.8. The number of fused-ring (bicyclic) bond motifs is 1. The molecule has 0 bridgehead atoms. The lowest BCUT2D eigenvalue weighted by molar-refractivity contribution is -0.384. The molecule has 0 atom stereocenters. The number of ketones is 1. The van der Waals surface area contributed by atoms with Crippen LogP contribution in [0.4, 0.5) is 5.69 Å². The predicted molar refractivity (Wildman–Crippen MR) is 91.4 cm³/mol. The molecule has 0 spiro atoms. The van der Waals surface area contributed by atoms with E-state index in [9.17, 15) is 14.9 Å². The number of nitrogens with zero attached hydrogens (tertiary/aromatic N) is 2. The van der Waals surface area contributed by atoms with Crippen molar-refractivity contribution < 1.29 is 19.2 Å². The van der Waals surface area contributed by atoms with Gasteiger partial charge in [0.25, 0.3) is 5.69 Å². The van der Waals surface area contributed by atoms with E-state index in [1.807, 2.05) is 0 Å². The highest BCUT2D eigenvalue weighted by atomic mass is 16.6. The molecule has 0 saturated carbocycles. The summed E-state index contributed by atoms with van der Waals surface area (Å²) in [6, 6.07) is 10.7. The zero-order chi connectivity index (χ0) is 18.0. The Kier molecular flexibility index (Phi) is 4.30. The highest BCUT2D eigenvalue weighted by molar-refractivity contribution is 6.15. The third kappa shape index (κ3) is 2.99. The SMILES string of the molecule is COc1cc2ccnc(C(=O)c3ccc([N+](=O)[O-])cc3)c2cc1OC. The third-order valence-corrected chi connectivity index (χ3v) is 3.82. The molecular formula is C18H14N2O5. The van der Waals surface area contributed by atoms with Crippen molar-refractivity contribution in [3.05, 3.63) is 70.0 Å². The van der Waals surface area contributed by atoms with Crippen molar-refractivity contribution in [3.8, 4) is 11.5 Å². The van der Waals surface area contributed by atoms with Gasteiger partial charge >= 0.3 is 0 Å². The average molecular weight is 338 g/mol. The fourth-order valence-electron chi connectivity index (χ4n) is 2.55. The van der Waals surface area contributed by atoms with Crippen molar-refractivity contribution in [1.82, 2.24) is 4.98 Å². The van der Waals surface area contributed by atoms with Gasteiger partial charge in [-0.1, -0.05) is 0 Å².